The van der Waals surface area contributed by atoms with Gasteiger partial charge >= 0.3 is 0 Å². The monoisotopic (exact) mass is 265 g/mol. The molecular weight excluding hydrogens is 242 g/mol. The number of methoxy groups -OCH3 is 1. The lowest BCUT2D eigenvalue weighted by molar-refractivity contribution is 0.0260. The molecule has 1 aromatic rings. The Balaban J connectivity index is 2.45. The highest BCUT2D eigenvalue weighted by Gasteiger charge is 2.25. The van der Waals surface area contributed by atoms with Gasteiger partial charge in [0.2, 0.25) is 0 Å². The second-order valence-electron chi connectivity index (χ2n) is 5.93. The minimum atomic E-state index is -0.120. The molecule has 0 saturated carbocycles. The van der Waals surface area contributed by atoms with Crippen molar-refractivity contribution in [3.8, 4) is 11.5 Å². The fourth-order valence-electron chi connectivity index (χ4n) is 2.23. The number of nitrogens with one attached hydrogen (secondary N) is 1. The van der Waals surface area contributed by atoms with Crippen LogP contribution in [0.2, 0.25) is 0 Å². The number of ether oxygens (including phenoxy) is 2. The zero-order valence-electron chi connectivity index (χ0n) is 12.1. The van der Waals surface area contributed by atoms with E-state index in [1.807, 2.05) is 12.1 Å². The Bertz CT molecular complexity index is 445. The fraction of sp³-hybridized carbons (Fsp3) is 0.600. The molecule has 1 saturated heterocycles. The number of phenols is 1. The first-order valence-electron chi connectivity index (χ1n) is 6.67. The highest BCUT2D eigenvalue weighted by molar-refractivity contribution is 5.51. The van der Waals surface area contributed by atoms with E-state index in [2.05, 4.69) is 26.1 Å². The molecule has 0 bridgehead atoms. The van der Waals surface area contributed by atoms with Crippen LogP contribution in [0.15, 0.2) is 12.1 Å². The Morgan fingerprint density at radius 3 is 2.63 bits per heavy atom. The van der Waals surface area contributed by atoms with Crippen molar-refractivity contribution in [3.05, 3.63) is 23.3 Å². The van der Waals surface area contributed by atoms with E-state index in [9.17, 15) is 5.11 Å². The zero-order chi connectivity index (χ0) is 14.0. The summed E-state index contributed by atoms with van der Waals surface area (Å²) in [5.74, 6) is 0.695. The van der Waals surface area contributed by atoms with Gasteiger partial charge in [0, 0.05) is 18.7 Å². The molecule has 2 rings (SSSR count). The number of morpholine rings is 1. The van der Waals surface area contributed by atoms with Crippen LogP contribution >= 0.6 is 0 Å². The van der Waals surface area contributed by atoms with E-state index in [0.29, 0.717) is 18.9 Å². The third kappa shape index (κ3) is 3.01. The number of hydrogen-bond acceptors (Lipinski definition) is 4. The van der Waals surface area contributed by atoms with Crippen molar-refractivity contribution in [1.82, 2.24) is 5.32 Å². The number of benzene rings is 1. The van der Waals surface area contributed by atoms with Gasteiger partial charge in [0.15, 0.2) is 11.5 Å². The zero-order valence-corrected chi connectivity index (χ0v) is 12.1. The highest BCUT2D eigenvalue weighted by Crippen LogP contribution is 2.39. The molecule has 1 atom stereocenters. The second kappa shape index (κ2) is 5.39. The fourth-order valence-corrected chi connectivity index (χ4v) is 2.23. The van der Waals surface area contributed by atoms with E-state index in [-0.39, 0.29) is 17.3 Å². The SMILES string of the molecule is COc1cc(C(C)(C)C)cc(C2CNCCO2)c1O. The van der Waals surface area contributed by atoms with Gasteiger partial charge < -0.3 is 19.9 Å². The molecule has 0 aromatic heterocycles. The molecular formula is C15H23NO3. The predicted molar refractivity (Wildman–Crippen MR) is 74.9 cm³/mol. The number of aromatic hydroxyl groups is 1. The third-order valence-corrected chi connectivity index (χ3v) is 3.46. The molecule has 0 spiro atoms. The standard InChI is InChI=1S/C15H23NO3/c1-15(2,3)10-7-11(13-9-16-5-6-19-13)14(17)12(8-10)18-4/h7-8,13,16-17H,5-6,9H2,1-4H3. The van der Waals surface area contributed by atoms with Crippen LogP contribution < -0.4 is 10.1 Å². The molecule has 0 radical (unpaired) electrons. The Kier molecular flexibility index (Phi) is 4.02. The van der Waals surface area contributed by atoms with E-state index >= 15 is 0 Å². The lowest BCUT2D eigenvalue weighted by atomic mass is 9.85. The van der Waals surface area contributed by atoms with Crippen LogP contribution in [0.25, 0.3) is 0 Å². The summed E-state index contributed by atoms with van der Waals surface area (Å²) in [7, 11) is 1.57. The number of phenolic OH excluding ortho intramolecular Hbond substituents is 1. The minimum Gasteiger partial charge on any atom is -0.504 e. The topological polar surface area (TPSA) is 50.7 Å². The van der Waals surface area contributed by atoms with E-state index in [1.165, 1.54) is 0 Å². The molecule has 4 heteroatoms. The molecule has 4 nitrogen and oxygen atoms in total. The van der Waals surface area contributed by atoms with Gasteiger partial charge in [0.05, 0.1) is 19.8 Å². The maximum atomic E-state index is 10.3. The predicted octanol–water partition coefficient (Wildman–Crippen LogP) is 2.36. The van der Waals surface area contributed by atoms with Gasteiger partial charge in [0.25, 0.3) is 0 Å². The van der Waals surface area contributed by atoms with Crippen molar-refractivity contribution < 1.29 is 14.6 Å². The van der Waals surface area contributed by atoms with Gasteiger partial charge in [-0.15, -0.1) is 0 Å². The maximum absolute atomic E-state index is 10.3. The Hall–Kier alpha value is -1.26. The normalized spacial score (nSPS) is 20.3. The summed E-state index contributed by atoms with van der Waals surface area (Å²) >= 11 is 0. The lowest BCUT2D eigenvalue weighted by Crippen LogP contribution is -2.33. The van der Waals surface area contributed by atoms with Crippen molar-refractivity contribution >= 4 is 0 Å². The molecule has 1 unspecified atom stereocenters. The molecule has 1 aromatic carbocycles. The van der Waals surface area contributed by atoms with E-state index in [0.717, 1.165) is 17.7 Å². The molecule has 0 aliphatic carbocycles. The van der Waals surface area contributed by atoms with Crippen LogP contribution in [-0.4, -0.2) is 31.9 Å². The Morgan fingerprint density at radius 2 is 2.11 bits per heavy atom. The van der Waals surface area contributed by atoms with E-state index in [4.69, 9.17) is 9.47 Å². The molecule has 106 valence electrons. The van der Waals surface area contributed by atoms with E-state index < -0.39 is 0 Å². The van der Waals surface area contributed by atoms with Crippen molar-refractivity contribution in [1.29, 1.82) is 0 Å². The van der Waals surface area contributed by atoms with Crippen LogP contribution in [0.1, 0.15) is 38.0 Å². The first kappa shape index (κ1) is 14.2. The Morgan fingerprint density at radius 1 is 1.37 bits per heavy atom. The van der Waals surface area contributed by atoms with Crippen molar-refractivity contribution in [2.75, 3.05) is 26.8 Å². The van der Waals surface area contributed by atoms with Gasteiger partial charge in [-0.1, -0.05) is 20.8 Å². The summed E-state index contributed by atoms with van der Waals surface area (Å²) in [6, 6.07) is 3.92. The van der Waals surface area contributed by atoms with Crippen LogP contribution in [0.4, 0.5) is 0 Å². The molecule has 2 N–H and O–H groups in total. The van der Waals surface area contributed by atoms with Gasteiger partial charge in [-0.05, 0) is 23.1 Å². The van der Waals surface area contributed by atoms with Gasteiger partial charge in [-0.2, -0.15) is 0 Å². The van der Waals surface area contributed by atoms with Gasteiger partial charge in [0.1, 0.15) is 0 Å². The largest absolute Gasteiger partial charge is 0.504 e. The molecule has 1 aliphatic heterocycles. The smallest absolute Gasteiger partial charge is 0.163 e. The summed E-state index contributed by atoms with van der Waals surface area (Å²) in [4.78, 5) is 0. The highest BCUT2D eigenvalue weighted by atomic mass is 16.5. The lowest BCUT2D eigenvalue weighted by Gasteiger charge is -2.28. The van der Waals surface area contributed by atoms with Crippen molar-refractivity contribution in [2.45, 2.75) is 32.3 Å². The molecule has 1 fully saturated rings. The average molecular weight is 265 g/mol. The first-order valence-corrected chi connectivity index (χ1v) is 6.67. The van der Waals surface area contributed by atoms with Crippen LogP contribution in [0.3, 0.4) is 0 Å². The summed E-state index contributed by atoms with van der Waals surface area (Å²) in [5, 5.41) is 13.6. The van der Waals surface area contributed by atoms with Gasteiger partial charge in [-0.25, -0.2) is 0 Å². The number of rotatable bonds is 2. The third-order valence-electron chi connectivity index (χ3n) is 3.46. The molecule has 19 heavy (non-hydrogen) atoms. The Labute approximate surface area is 114 Å². The second-order valence-corrected chi connectivity index (χ2v) is 5.93. The average Bonchev–Trinajstić information content (AvgIpc) is 2.38. The van der Waals surface area contributed by atoms with Crippen molar-refractivity contribution in [2.24, 2.45) is 0 Å². The molecule has 1 aliphatic rings. The van der Waals surface area contributed by atoms with Crippen LogP contribution in [-0.2, 0) is 10.2 Å². The van der Waals surface area contributed by atoms with Crippen molar-refractivity contribution in [3.63, 3.8) is 0 Å². The minimum absolute atomic E-state index is 0.00216. The van der Waals surface area contributed by atoms with Gasteiger partial charge in [-0.3, -0.25) is 0 Å². The van der Waals surface area contributed by atoms with Crippen LogP contribution in [0.5, 0.6) is 11.5 Å². The summed E-state index contributed by atoms with van der Waals surface area (Å²) < 4.78 is 11.0. The number of hydrogen-bond donors (Lipinski definition) is 2. The first-order chi connectivity index (χ1) is 8.93. The summed E-state index contributed by atoms with van der Waals surface area (Å²) in [6.07, 6.45) is -0.120. The van der Waals surface area contributed by atoms with Crippen LogP contribution in [0, 0.1) is 0 Å². The maximum Gasteiger partial charge on any atom is 0.163 e. The van der Waals surface area contributed by atoms with E-state index in [1.54, 1.807) is 7.11 Å². The quantitative estimate of drug-likeness (QED) is 0.862. The molecule has 1 heterocycles. The summed E-state index contributed by atoms with van der Waals surface area (Å²) in [5.41, 5.74) is 1.93. The molecule has 0 amide bonds. The summed E-state index contributed by atoms with van der Waals surface area (Å²) in [6.45, 7) is 8.65.